The monoisotopic (exact) mass is 409 g/mol. The Morgan fingerprint density at radius 1 is 0.933 bits per heavy atom. The summed E-state index contributed by atoms with van der Waals surface area (Å²) in [6.07, 6.45) is 0. The van der Waals surface area contributed by atoms with Crippen molar-refractivity contribution in [3.8, 4) is 0 Å². The lowest BCUT2D eigenvalue weighted by molar-refractivity contribution is -0.136. The third-order valence-electron chi connectivity index (χ3n) is 5.47. The summed E-state index contributed by atoms with van der Waals surface area (Å²) >= 11 is 0. The molecular formula is C23H31N5O2. The van der Waals surface area contributed by atoms with E-state index in [0.29, 0.717) is 12.2 Å². The molecule has 0 bridgehead atoms. The van der Waals surface area contributed by atoms with Crippen LogP contribution in [0.5, 0.6) is 0 Å². The summed E-state index contributed by atoms with van der Waals surface area (Å²) in [6.45, 7) is 4.18. The number of piperazine rings is 1. The molecule has 2 aromatic carbocycles. The second-order valence-electron chi connectivity index (χ2n) is 7.87. The lowest BCUT2D eigenvalue weighted by Gasteiger charge is -2.38. The highest BCUT2D eigenvalue weighted by atomic mass is 16.2. The van der Waals surface area contributed by atoms with Gasteiger partial charge in [0, 0.05) is 58.2 Å². The molecule has 0 aromatic heterocycles. The molecular weight excluding hydrogens is 378 g/mol. The summed E-state index contributed by atoms with van der Waals surface area (Å²) < 4.78 is 0. The van der Waals surface area contributed by atoms with Crippen molar-refractivity contribution < 1.29 is 9.59 Å². The first-order chi connectivity index (χ1) is 14.4. The van der Waals surface area contributed by atoms with Gasteiger partial charge in [-0.3, -0.25) is 14.5 Å². The van der Waals surface area contributed by atoms with Crippen molar-refractivity contribution in [1.82, 2.24) is 15.1 Å². The van der Waals surface area contributed by atoms with Crippen LogP contribution in [-0.4, -0.2) is 75.5 Å². The molecule has 7 nitrogen and oxygen atoms in total. The first-order valence-electron chi connectivity index (χ1n) is 10.3. The second-order valence-corrected chi connectivity index (χ2v) is 7.87. The molecule has 0 aliphatic carbocycles. The van der Waals surface area contributed by atoms with Gasteiger partial charge in [-0.1, -0.05) is 30.3 Å². The van der Waals surface area contributed by atoms with E-state index >= 15 is 0 Å². The Balaban J connectivity index is 1.67. The molecule has 1 atom stereocenters. The third kappa shape index (κ3) is 5.81. The maximum Gasteiger partial charge on any atom is 0.313 e. The lowest BCUT2D eigenvalue weighted by atomic mass is 10.0. The second kappa shape index (κ2) is 10.2. The number of nitrogens with one attached hydrogen (secondary N) is 2. The van der Waals surface area contributed by atoms with E-state index in [9.17, 15) is 9.59 Å². The fraction of sp³-hybridized carbons (Fsp3) is 0.391. The zero-order chi connectivity index (χ0) is 21.5. The molecule has 0 radical (unpaired) electrons. The number of likely N-dealkylation sites (N-methyl/N-ethyl adjacent to an activating group) is 1. The molecule has 30 heavy (non-hydrogen) atoms. The molecule has 7 heteroatoms. The van der Waals surface area contributed by atoms with Gasteiger partial charge in [0.05, 0.1) is 6.04 Å². The normalized spacial score (nSPS) is 16.0. The molecule has 2 aromatic rings. The van der Waals surface area contributed by atoms with Crippen LogP contribution in [0.25, 0.3) is 0 Å². The van der Waals surface area contributed by atoms with E-state index in [0.717, 1.165) is 37.4 Å². The highest BCUT2D eigenvalue weighted by Gasteiger charge is 2.25. The number of nitrogens with zero attached hydrogens (tertiary/aromatic N) is 3. The van der Waals surface area contributed by atoms with E-state index in [-0.39, 0.29) is 6.04 Å². The van der Waals surface area contributed by atoms with Crippen LogP contribution in [0.1, 0.15) is 11.6 Å². The largest absolute Gasteiger partial charge is 0.378 e. The van der Waals surface area contributed by atoms with Gasteiger partial charge in [-0.25, -0.2) is 0 Å². The van der Waals surface area contributed by atoms with Crippen LogP contribution in [0.4, 0.5) is 11.4 Å². The summed E-state index contributed by atoms with van der Waals surface area (Å²) in [6, 6.07) is 17.4. The summed E-state index contributed by atoms with van der Waals surface area (Å²) in [4.78, 5) is 31.4. The number of para-hydroxylation sites is 1. The number of benzene rings is 2. The standard InChI is InChI=1S/C23H31N5O2/c1-26(2)20-11-9-18(10-12-20)21(28-15-13-27(3)14-16-28)17-24-22(29)23(30)25-19-7-5-4-6-8-19/h4-12,21H,13-17H2,1-3H3,(H,24,29)(H,25,30)/t21-/m0/s1. The van der Waals surface area contributed by atoms with Crippen LogP contribution in [0.3, 0.4) is 0 Å². The van der Waals surface area contributed by atoms with Gasteiger partial charge in [0.15, 0.2) is 0 Å². The number of rotatable bonds is 6. The van der Waals surface area contributed by atoms with E-state index in [1.54, 1.807) is 12.1 Å². The lowest BCUT2D eigenvalue weighted by Crippen LogP contribution is -2.49. The Hall–Kier alpha value is -2.90. The quantitative estimate of drug-likeness (QED) is 0.712. The maximum absolute atomic E-state index is 12.4. The summed E-state index contributed by atoms with van der Waals surface area (Å²) in [5, 5.41) is 5.46. The van der Waals surface area contributed by atoms with Crippen LogP contribution in [0.15, 0.2) is 54.6 Å². The van der Waals surface area contributed by atoms with Crippen molar-refractivity contribution in [3.05, 3.63) is 60.2 Å². The molecule has 1 saturated heterocycles. The van der Waals surface area contributed by atoms with Crippen molar-refractivity contribution in [2.75, 3.05) is 64.1 Å². The Morgan fingerprint density at radius 3 is 2.17 bits per heavy atom. The fourth-order valence-electron chi connectivity index (χ4n) is 3.56. The molecule has 0 spiro atoms. The highest BCUT2D eigenvalue weighted by molar-refractivity contribution is 6.39. The Bertz CT molecular complexity index is 830. The van der Waals surface area contributed by atoms with Gasteiger partial charge in [0.25, 0.3) is 0 Å². The molecule has 3 rings (SSSR count). The van der Waals surface area contributed by atoms with E-state index in [1.807, 2.05) is 32.3 Å². The number of carbonyl (C=O) groups is 2. The molecule has 0 unspecified atom stereocenters. The molecule has 1 aliphatic heterocycles. The predicted molar refractivity (Wildman–Crippen MR) is 121 cm³/mol. The van der Waals surface area contributed by atoms with Crippen molar-refractivity contribution >= 4 is 23.2 Å². The van der Waals surface area contributed by atoms with Crippen LogP contribution in [0, 0.1) is 0 Å². The van der Waals surface area contributed by atoms with Crippen molar-refractivity contribution in [2.45, 2.75) is 6.04 Å². The molecule has 1 fully saturated rings. The predicted octanol–water partition coefficient (Wildman–Crippen LogP) is 1.80. The van der Waals surface area contributed by atoms with Gasteiger partial charge in [0.1, 0.15) is 0 Å². The first kappa shape index (κ1) is 21.8. The van der Waals surface area contributed by atoms with Gasteiger partial charge >= 0.3 is 11.8 Å². The summed E-state index contributed by atoms with van der Waals surface area (Å²) in [5.41, 5.74) is 2.86. The average molecular weight is 410 g/mol. The van der Waals surface area contributed by atoms with Crippen LogP contribution < -0.4 is 15.5 Å². The number of hydrogen-bond acceptors (Lipinski definition) is 5. The summed E-state index contributed by atoms with van der Waals surface area (Å²) in [5.74, 6) is -1.27. The topological polar surface area (TPSA) is 67.9 Å². The Labute approximate surface area is 178 Å². The minimum atomic E-state index is -0.652. The zero-order valence-corrected chi connectivity index (χ0v) is 18.0. The van der Waals surface area contributed by atoms with Gasteiger partial charge in [-0.05, 0) is 36.9 Å². The molecule has 1 heterocycles. The van der Waals surface area contributed by atoms with Gasteiger partial charge in [-0.2, -0.15) is 0 Å². The van der Waals surface area contributed by atoms with E-state index < -0.39 is 11.8 Å². The minimum absolute atomic E-state index is 0.0170. The van der Waals surface area contributed by atoms with Crippen LogP contribution in [-0.2, 0) is 9.59 Å². The molecule has 2 N–H and O–H groups in total. The Morgan fingerprint density at radius 2 is 1.57 bits per heavy atom. The smallest absolute Gasteiger partial charge is 0.313 e. The van der Waals surface area contributed by atoms with Gasteiger partial charge in [0.2, 0.25) is 0 Å². The third-order valence-corrected chi connectivity index (χ3v) is 5.47. The highest BCUT2D eigenvalue weighted by Crippen LogP contribution is 2.24. The molecule has 1 aliphatic rings. The molecule has 0 saturated carbocycles. The van der Waals surface area contributed by atoms with Crippen molar-refractivity contribution in [2.24, 2.45) is 0 Å². The number of amides is 2. The SMILES string of the molecule is CN1CCN([C@@H](CNC(=O)C(=O)Nc2ccccc2)c2ccc(N(C)C)cc2)CC1. The fourth-order valence-corrected chi connectivity index (χ4v) is 3.56. The van der Waals surface area contributed by atoms with Gasteiger partial charge < -0.3 is 20.4 Å². The zero-order valence-electron chi connectivity index (χ0n) is 18.0. The first-order valence-corrected chi connectivity index (χ1v) is 10.3. The number of anilines is 2. The van der Waals surface area contributed by atoms with Crippen LogP contribution >= 0.6 is 0 Å². The number of hydrogen-bond donors (Lipinski definition) is 2. The minimum Gasteiger partial charge on any atom is -0.378 e. The van der Waals surface area contributed by atoms with Gasteiger partial charge in [-0.15, -0.1) is 0 Å². The summed E-state index contributed by atoms with van der Waals surface area (Å²) in [7, 11) is 6.14. The van der Waals surface area contributed by atoms with E-state index in [2.05, 4.69) is 56.6 Å². The Kier molecular flexibility index (Phi) is 7.43. The maximum atomic E-state index is 12.4. The van der Waals surface area contributed by atoms with Crippen molar-refractivity contribution in [1.29, 1.82) is 0 Å². The number of carbonyl (C=O) groups excluding carboxylic acids is 2. The van der Waals surface area contributed by atoms with E-state index in [1.165, 1.54) is 0 Å². The van der Waals surface area contributed by atoms with E-state index in [4.69, 9.17) is 0 Å². The molecule has 2 amide bonds. The van der Waals surface area contributed by atoms with Crippen molar-refractivity contribution in [3.63, 3.8) is 0 Å². The average Bonchev–Trinajstić information content (AvgIpc) is 2.76. The van der Waals surface area contributed by atoms with Crippen LogP contribution in [0.2, 0.25) is 0 Å². The molecule has 160 valence electrons.